The van der Waals surface area contributed by atoms with Crippen LogP contribution in [0.25, 0.3) is 0 Å². The van der Waals surface area contributed by atoms with Crippen LogP contribution in [0.4, 0.5) is 18.9 Å². The van der Waals surface area contributed by atoms with Gasteiger partial charge < -0.3 is 10.2 Å². The number of benzene rings is 1. The summed E-state index contributed by atoms with van der Waals surface area (Å²) in [5.41, 5.74) is -0.504. The summed E-state index contributed by atoms with van der Waals surface area (Å²) in [6, 6.07) is 4.40. The maximum absolute atomic E-state index is 13.1. The third kappa shape index (κ3) is 4.34. The number of alkyl halides is 3. The van der Waals surface area contributed by atoms with Gasteiger partial charge in [0.05, 0.1) is 5.56 Å². The van der Waals surface area contributed by atoms with Crippen molar-refractivity contribution in [3.8, 4) is 0 Å². The van der Waals surface area contributed by atoms with E-state index in [1.54, 1.807) is 6.07 Å². The van der Waals surface area contributed by atoms with Gasteiger partial charge in [0.2, 0.25) is 0 Å². The van der Waals surface area contributed by atoms with Crippen molar-refractivity contribution in [3.05, 3.63) is 28.2 Å². The van der Waals surface area contributed by atoms with Crippen molar-refractivity contribution in [2.24, 2.45) is 0 Å². The second-order valence-electron chi connectivity index (χ2n) is 5.47. The Kier molecular flexibility index (Phi) is 5.16. The van der Waals surface area contributed by atoms with Crippen LogP contribution in [0.15, 0.2) is 22.7 Å². The quantitative estimate of drug-likeness (QED) is 0.887. The molecule has 1 aromatic rings. The average Bonchev–Trinajstić information content (AvgIpc) is 2.40. The molecule has 0 bridgehead atoms. The Bertz CT molecular complexity index is 493. The molecule has 3 nitrogen and oxygen atoms in total. The molecule has 0 spiro atoms. The van der Waals surface area contributed by atoms with Crippen molar-refractivity contribution in [2.75, 3.05) is 45.6 Å². The van der Waals surface area contributed by atoms with Gasteiger partial charge in [-0.3, -0.25) is 4.90 Å². The zero-order chi connectivity index (χ0) is 15.6. The minimum atomic E-state index is -4.36. The molecule has 0 aliphatic carbocycles. The van der Waals surface area contributed by atoms with Crippen molar-refractivity contribution < 1.29 is 13.2 Å². The van der Waals surface area contributed by atoms with E-state index in [2.05, 4.69) is 31.0 Å². The Morgan fingerprint density at radius 2 is 2.00 bits per heavy atom. The third-order valence-electron chi connectivity index (χ3n) is 3.80. The van der Waals surface area contributed by atoms with Gasteiger partial charge in [-0.2, -0.15) is 13.2 Å². The lowest BCUT2D eigenvalue weighted by Crippen LogP contribution is -2.52. The molecule has 1 fully saturated rings. The van der Waals surface area contributed by atoms with Gasteiger partial charge in [-0.05, 0) is 32.3 Å². The third-order valence-corrected chi connectivity index (χ3v) is 4.29. The van der Waals surface area contributed by atoms with E-state index in [9.17, 15) is 13.2 Å². The summed E-state index contributed by atoms with van der Waals surface area (Å²) in [7, 11) is 4.03. The molecular formula is C14H19BrF3N3. The molecule has 0 radical (unpaired) electrons. The maximum Gasteiger partial charge on any atom is 0.418 e. The van der Waals surface area contributed by atoms with Gasteiger partial charge in [0, 0.05) is 42.4 Å². The molecule has 1 unspecified atom stereocenters. The zero-order valence-corrected chi connectivity index (χ0v) is 13.6. The summed E-state index contributed by atoms with van der Waals surface area (Å²) in [6.07, 6.45) is -4.36. The molecule has 21 heavy (non-hydrogen) atoms. The molecule has 1 aromatic carbocycles. The first-order valence-corrected chi connectivity index (χ1v) is 7.56. The summed E-state index contributed by atoms with van der Waals surface area (Å²) >= 11 is 3.09. The Hall–Kier alpha value is -0.790. The van der Waals surface area contributed by atoms with Crippen molar-refractivity contribution in [1.82, 2.24) is 9.80 Å². The van der Waals surface area contributed by atoms with Crippen LogP contribution in [0, 0.1) is 0 Å². The summed E-state index contributed by atoms with van der Waals surface area (Å²) in [5, 5.41) is 2.96. The smallest absolute Gasteiger partial charge is 0.383 e. The number of rotatable bonds is 3. The number of hydrogen-bond acceptors (Lipinski definition) is 3. The fourth-order valence-corrected chi connectivity index (χ4v) is 2.82. The van der Waals surface area contributed by atoms with Crippen LogP contribution in [-0.2, 0) is 6.18 Å². The number of anilines is 1. The van der Waals surface area contributed by atoms with Gasteiger partial charge in [-0.25, -0.2) is 0 Å². The molecule has 1 N–H and O–H groups in total. The molecule has 0 amide bonds. The lowest BCUT2D eigenvalue weighted by Gasteiger charge is -2.38. The molecule has 118 valence electrons. The Labute approximate surface area is 131 Å². The normalized spacial score (nSPS) is 21.5. The summed E-state index contributed by atoms with van der Waals surface area (Å²) in [6.45, 7) is 3.25. The minimum absolute atomic E-state index is 0.132. The first kappa shape index (κ1) is 16.6. The SMILES string of the molecule is CN1CCN(C)C(CNc2ccc(Br)cc2C(F)(F)F)C1. The summed E-state index contributed by atoms with van der Waals surface area (Å²) in [4.78, 5) is 4.37. The lowest BCUT2D eigenvalue weighted by atomic mass is 10.1. The molecule has 2 rings (SSSR count). The van der Waals surface area contributed by atoms with Gasteiger partial charge in [0.1, 0.15) is 0 Å². The first-order valence-electron chi connectivity index (χ1n) is 6.77. The monoisotopic (exact) mass is 365 g/mol. The van der Waals surface area contributed by atoms with Crippen molar-refractivity contribution >= 4 is 21.6 Å². The fourth-order valence-electron chi connectivity index (χ4n) is 2.45. The second-order valence-corrected chi connectivity index (χ2v) is 6.38. The molecule has 1 heterocycles. The summed E-state index contributed by atoms with van der Waals surface area (Å²) < 4.78 is 39.6. The lowest BCUT2D eigenvalue weighted by molar-refractivity contribution is -0.137. The Morgan fingerprint density at radius 1 is 1.29 bits per heavy atom. The molecule has 1 saturated heterocycles. The van der Waals surface area contributed by atoms with Gasteiger partial charge in [-0.15, -0.1) is 0 Å². The molecule has 0 saturated carbocycles. The number of likely N-dealkylation sites (N-methyl/N-ethyl adjacent to an activating group) is 2. The molecule has 1 aliphatic heterocycles. The number of hydrogen-bond donors (Lipinski definition) is 1. The van der Waals surface area contributed by atoms with Crippen molar-refractivity contribution in [2.45, 2.75) is 12.2 Å². The average molecular weight is 366 g/mol. The largest absolute Gasteiger partial charge is 0.418 e. The molecular weight excluding hydrogens is 347 g/mol. The molecule has 1 atom stereocenters. The molecule has 1 aliphatic rings. The predicted octanol–water partition coefficient (Wildman–Crippen LogP) is 3.13. The Balaban J connectivity index is 2.09. The van der Waals surface area contributed by atoms with E-state index in [1.165, 1.54) is 6.07 Å². The van der Waals surface area contributed by atoms with Crippen LogP contribution in [0.2, 0.25) is 0 Å². The number of piperazine rings is 1. The van der Waals surface area contributed by atoms with Crippen LogP contribution in [0.5, 0.6) is 0 Å². The van der Waals surface area contributed by atoms with E-state index in [4.69, 9.17) is 0 Å². The van der Waals surface area contributed by atoms with E-state index in [-0.39, 0.29) is 11.7 Å². The number of halogens is 4. The number of nitrogens with zero attached hydrogens (tertiary/aromatic N) is 2. The van der Waals surface area contributed by atoms with E-state index in [0.717, 1.165) is 25.7 Å². The van der Waals surface area contributed by atoms with Crippen LogP contribution in [0.3, 0.4) is 0 Å². The van der Waals surface area contributed by atoms with E-state index < -0.39 is 11.7 Å². The topological polar surface area (TPSA) is 18.5 Å². The van der Waals surface area contributed by atoms with Gasteiger partial charge in [0.15, 0.2) is 0 Å². The van der Waals surface area contributed by atoms with Gasteiger partial charge in [0.25, 0.3) is 0 Å². The zero-order valence-electron chi connectivity index (χ0n) is 12.0. The number of nitrogens with one attached hydrogen (secondary N) is 1. The van der Waals surface area contributed by atoms with Crippen LogP contribution in [0.1, 0.15) is 5.56 Å². The van der Waals surface area contributed by atoms with Crippen molar-refractivity contribution in [1.29, 1.82) is 0 Å². The van der Waals surface area contributed by atoms with Gasteiger partial charge in [-0.1, -0.05) is 15.9 Å². The highest BCUT2D eigenvalue weighted by atomic mass is 79.9. The summed E-state index contributed by atoms with van der Waals surface area (Å²) in [5.74, 6) is 0. The highest BCUT2D eigenvalue weighted by Gasteiger charge is 2.34. The highest BCUT2D eigenvalue weighted by molar-refractivity contribution is 9.10. The van der Waals surface area contributed by atoms with Gasteiger partial charge >= 0.3 is 6.18 Å². The highest BCUT2D eigenvalue weighted by Crippen LogP contribution is 2.36. The standard InChI is InChI=1S/C14H19BrF3N3/c1-20-5-6-21(2)11(9-20)8-19-13-4-3-10(15)7-12(13)14(16,17)18/h3-4,7,11,19H,5-6,8-9H2,1-2H3. The Morgan fingerprint density at radius 3 is 2.67 bits per heavy atom. The van der Waals surface area contributed by atoms with E-state index in [0.29, 0.717) is 11.0 Å². The van der Waals surface area contributed by atoms with Crippen molar-refractivity contribution in [3.63, 3.8) is 0 Å². The van der Waals surface area contributed by atoms with Crippen LogP contribution in [-0.4, -0.2) is 56.1 Å². The van der Waals surface area contributed by atoms with E-state index in [1.807, 2.05) is 14.1 Å². The second kappa shape index (κ2) is 6.54. The molecule has 7 heteroatoms. The van der Waals surface area contributed by atoms with E-state index >= 15 is 0 Å². The first-order chi connectivity index (χ1) is 9.77. The molecule has 0 aromatic heterocycles. The fraction of sp³-hybridized carbons (Fsp3) is 0.571. The van der Waals surface area contributed by atoms with Crippen LogP contribution >= 0.6 is 15.9 Å². The maximum atomic E-state index is 13.1. The van der Waals surface area contributed by atoms with Crippen LogP contribution < -0.4 is 5.32 Å². The predicted molar refractivity (Wildman–Crippen MR) is 81.5 cm³/mol. The minimum Gasteiger partial charge on any atom is -0.383 e.